The minimum Gasteiger partial charge on any atom is -0.592 e. The van der Waals surface area contributed by atoms with Crippen molar-refractivity contribution >= 4 is 5.69 Å². The summed E-state index contributed by atoms with van der Waals surface area (Å²) in [5.74, 6) is 0. The minimum absolute atomic E-state index is 0.447. The molecule has 4 nitrogen and oxygen atoms in total. The van der Waals surface area contributed by atoms with Gasteiger partial charge in [0.05, 0.1) is 0 Å². The van der Waals surface area contributed by atoms with Crippen LogP contribution in [0.1, 0.15) is 20.8 Å². The molecule has 0 aliphatic rings. The van der Waals surface area contributed by atoms with Crippen LogP contribution >= 0.6 is 0 Å². The number of hydrogen-bond acceptors (Lipinski definition) is 3. The molecule has 0 aliphatic carbocycles. The maximum absolute atomic E-state index is 11.3. The third kappa shape index (κ3) is 3.43. The lowest BCUT2D eigenvalue weighted by Crippen LogP contribution is -2.16. The Bertz CT molecular complexity index is 315. The average Bonchev–Trinajstić information content (AvgIpc) is 2.14. The van der Waals surface area contributed by atoms with E-state index < -0.39 is 5.60 Å². The van der Waals surface area contributed by atoms with Crippen molar-refractivity contribution in [3.63, 3.8) is 0 Å². The molecule has 14 heavy (non-hydrogen) atoms. The Morgan fingerprint density at radius 2 is 1.79 bits per heavy atom. The molecule has 0 saturated carbocycles. The molecule has 0 aromatic heterocycles. The van der Waals surface area contributed by atoms with Crippen LogP contribution in [0, 0.1) is 5.21 Å². The second-order valence-corrected chi connectivity index (χ2v) is 3.89. The highest BCUT2D eigenvalue weighted by atomic mass is 16.7. The molecule has 0 atom stereocenters. The Hall–Kier alpha value is -1.58. The second-order valence-electron chi connectivity index (χ2n) is 3.89. The predicted octanol–water partition coefficient (Wildman–Crippen LogP) is 3.01. The second kappa shape index (κ2) is 4.09. The zero-order valence-electron chi connectivity index (χ0n) is 8.60. The van der Waals surface area contributed by atoms with Crippen LogP contribution in [0.2, 0.25) is 0 Å². The van der Waals surface area contributed by atoms with Gasteiger partial charge in [0.1, 0.15) is 5.60 Å². The lowest BCUT2D eigenvalue weighted by molar-refractivity contribution is -0.485. The predicted molar refractivity (Wildman–Crippen MR) is 53.0 cm³/mol. The summed E-state index contributed by atoms with van der Waals surface area (Å²) in [6.45, 7) is 5.49. The van der Waals surface area contributed by atoms with Gasteiger partial charge in [0.2, 0.25) is 11.0 Å². The van der Waals surface area contributed by atoms with Crippen molar-refractivity contribution < 1.29 is 9.70 Å². The van der Waals surface area contributed by atoms with Crippen LogP contribution < -0.4 is 0 Å². The van der Waals surface area contributed by atoms with Gasteiger partial charge in [-0.3, -0.25) is 0 Å². The van der Waals surface area contributed by atoms with Crippen LogP contribution in [-0.2, 0) is 4.84 Å². The fourth-order valence-electron chi connectivity index (χ4n) is 0.762. The van der Waals surface area contributed by atoms with Gasteiger partial charge in [-0.25, -0.2) is 0 Å². The van der Waals surface area contributed by atoms with Crippen molar-refractivity contribution in [2.24, 2.45) is 5.28 Å². The number of nitrogens with zero attached hydrogens (tertiary/aromatic N) is 2. The van der Waals surface area contributed by atoms with Gasteiger partial charge in [0, 0.05) is 12.1 Å². The van der Waals surface area contributed by atoms with Crippen molar-refractivity contribution in [1.29, 1.82) is 0 Å². The highest BCUT2D eigenvalue weighted by Crippen LogP contribution is 2.12. The Morgan fingerprint density at radius 3 is 2.29 bits per heavy atom. The van der Waals surface area contributed by atoms with Crippen molar-refractivity contribution in [2.75, 3.05) is 0 Å². The van der Waals surface area contributed by atoms with E-state index in [4.69, 9.17) is 4.84 Å². The first-order valence-electron chi connectivity index (χ1n) is 4.40. The maximum atomic E-state index is 11.3. The van der Waals surface area contributed by atoms with E-state index in [0.29, 0.717) is 10.5 Å². The SMILES string of the molecule is CC(C)(C)O/N=[N+](\[O-])c1ccccc1. The number of hydrogen-bond donors (Lipinski definition) is 0. The molecule has 1 aromatic rings. The molecule has 0 saturated heterocycles. The lowest BCUT2D eigenvalue weighted by atomic mass is 10.2. The molecule has 0 fully saturated rings. The fraction of sp³-hybridized carbons (Fsp3) is 0.400. The summed E-state index contributed by atoms with van der Waals surface area (Å²) in [7, 11) is 0. The number of benzene rings is 1. The van der Waals surface area contributed by atoms with E-state index >= 15 is 0 Å². The van der Waals surface area contributed by atoms with Crippen LogP contribution in [0.5, 0.6) is 0 Å². The molecule has 0 heterocycles. The summed E-state index contributed by atoms with van der Waals surface area (Å²) < 4.78 is 0. The smallest absolute Gasteiger partial charge is 0.248 e. The zero-order chi connectivity index (χ0) is 10.6. The molecule has 0 radical (unpaired) electrons. The van der Waals surface area contributed by atoms with E-state index in [9.17, 15) is 5.21 Å². The van der Waals surface area contributed by atoms with E-state index in [-0.39, 0.29) is 0 Å². The quantitative estimate of drug-likeness (QED) is 0.412. The molecular weight excluding hydrogens is 180 g/mol. The normalized spacial score (nSPS) is 12.6. The third-order valence-corrected chi connectivity index (χ3v) is 1.37. The van der Waals surface area contributed by atoms with Gasteiger partial charge in [0.25, 0.3) is 0 Å². The van der Waals surface area contributed by atoms with Crippen molar-refractivity contribution in [3.8, 4) is 0 Å². The Morgan fingerprint density at radius 1 is 1.21 bits per heavy atom. The monoisotopic (exact) mass is 194 g/mol. The van der Waals surface area contributed by atoms with Crippen LogP contribution in [0.25, 0.3) is 0 Å². The molecular formula is C10H14N2O2. The molecule has 0 bridgehead atoms. The minimum atomic E-state index is -0.447. The molecule has 0 amide bonds. The largest absolute Gasteiger partial charge is 0.592 e. The lowest BCUT2D eigenvalue weighted by Gasteiger charge is -2.12. The zero-order valence-corrected chi connectivity index (χ0v) is 8.60. The van der Waals surface area contributed by atoms with Gasteiger partial charge < -0.3 is 10.0 Å². The molecule has 0 N–H and O–H groups in total. The van der Waals surface area contributed by atoms with E-state index in [1.54, 1.807) is 24.3 Å². The van der Waals surface area contributed by atoms with E-state index in [2.05, 4.69) is 5.28 Å². The van der Waals surface area contributed by atoms with Gasteiger partial charge in [-0.05, 0) is 25.6 Å². The maximum Gasteiger partial charge on any atom is 0.248 e. The van der Waals surface area contributed by atoms with Crippen molar-refractivity contribution in [2.45, 2.75) is 26.4 Å². The summed E-state index contributed by atoms with van der Waals surface area (Å²) in [4.78, 5) is 5.45. The highest BCUT2D eigenvalue weighted by Gasteiger charge is 2.13. The summed E-state index contributed by atoms with van der Waals surface area (Å²) >= 11 is 0. The highest BCUT2D eigenvalue weighted by molar-refractivity contribution is 5.27. The first-order valence-corrected chi connectivity index (χ1v) is 4.40. The first-order chi connectivity index (χ1) is 6.49. The van der Waals surface area contributed by atoms with Gasteiger partial charge in [0.15, 0.2) is 0 Å². The third-order valence-electron chi connectivity index (χ3n) is 1.37. The molecule has 0 aliphatic heterocycles. The summed E-state index contributed by atoms with van der Waals surface area (Å²) in [6.07, 6.45) is 0. The molecule has 1 aromatic carbocycles. The van der Waals surface area contributed by atoms with Crippen LogP contribution in [0.3, 0.4) is 0 Å². The van der Waals surface area contributed by atoms with Crippen LogP contribution in [0.4, 0.5) is 5.69 Å². The number of para-hydroxylation sites is 1. The van der Waals surface area contributed by atoms with Crippen LogP contribution in [0.15, 0.2) is 35.6 Å². The van der Waals surface area contributed by atoms with Gasteiger partial charge >= 0.3 is 0 Å². The molecule has 0 spiro atoms. The van der Waals surface area contributed by atoms with E-state index in [1.807, 2.05) is 26.8 Å². The summed E-state index contributed by atoms with van der Waals surface area (Å²) in [6, 6.07) is 8.71. The van der Waals surface area contributed by atoms with Gasteiger partial charge in [-0.2, -0.15) is 0 Å². The summed E-state index contributed by atoms with van der Waals surface area (Å²) in [5, 5.41) is 14.8. The van der Waals surface area contributed by atoms with Crippen molar-refractivity contribution in [1.82, 2.24) is 0 Å². The first kappa shape index (κ1) is 10.5. The topological polar surface area (TPSA) is 47.7 Å². The Kier molecular flexibility index (Phi) is 3.06. The van der Waals surface area contributed by atoms with Gasteiger partial charge in [-0.1, -0.05) is 18.2 Å². The fourth-order valence-corrected chi connectivity index (χ4v) is 0.762. The standard InChI is InChI=1S/C10H14N2O2/c1-10(2,3)14-11-12(13)9-7-5-4-6-8-9/h4-8H,1-3H3/b12-11-. The number of rotatable bonds is 2. The average molecular weight is 194 g/mol. The molecule has 0 unspecified atom stereocenters. The molecule has 76 valence electrons. The van der Waals surface area contributed by atoms with Crippen LogP contribution in [-0.4, -0.2) is 10.5 Å². The Balaban J connectivity index is 2.71. The Labute approximate surface area is 83.4 Å². The van der Waals surface area contributed by atoms with E-state index in [0.717, 1.165) is 0 Å². The molecule has 4 heteroatoms. The summed E-state index contributed by atoms with van der Waals surface area (Å²) in [5.41, 5.74) is 0.00834. The van der Waals surface area contributed by atoms with E-state index in [1.165, 1.54) is 0 Å². The van der Waals surface area contributed by atoms with Crippen molar-refractivity contribution in [3.05, 3.63) is 35.5 Å². The van der Waals surface area contributed by atoms with Gasteiger partial charge in [-0.15, -0.1) is 0 Å². The molecule has 1 rings (SSSR count).